The number of rotatable bonds is 4. The first-order chi connectivity index (χ1) is 8.56. The summed E-state index contributed by atoms with van der Waals surface area (Å²) in [7, 11) is -3.75. The largest absolute Gasteiger partial charge is 0.328 e. The smallest absolute Gasteiger partial charge is 0.297 e. The van der Waals surface area contributed by atoms with Gasteiger partial charge in [0.05, 0.1) is 6.61 Å². The van der Waals surface area contributed by atoms with Gasteiger partial charge in [0.1, 0.15) is 4.90 Å². The van der Waals surface area contributed by atoms with Crippen LogP contribution in [0.5, 0.6) is 0 Å². The van der Waals surface area contributed by atoms with Gasteiger partial charge in [-0.15, -0.1) is 0 Å². The second-order valence-corrected chi connectivity index (χ2v) is 5.57. The molecule has 0 saturated heterocycles. The Kier molecular flexibility index (Phi) is 3.65. The van der Waals surface area contributed by atoms with Crippen molar-refractivity contribution in [2.45, 2.75) is 11.8 Å². The Morgan fingerprint density at radius 2 is 1.78 bits per heavy atom. The Hall–Kier alpha value is -1.43. The molecule has 2 rings (SSSR count). The standard InChI is InChI=1S/C13H15NO3S/c1-10-6-7-13(18(15,16)17-9-8-14)12-5-3-2-4-11(10)12/h2-7H,8-9,14H2,1H3. The van der Waals surface area contributed by atoms with E-state index in [2.05, 4.69) is 0 Å². The molecule has 0 radical (unpaired) electrons. The third kappa shape index (κ3) is 2.38. The lowest BCUT2D eigenvalue weighted by Crippen LogP contribution is -2.14. The molecule has 4 nitrogen and oxygen atoms in total. The molecule has 2 N–H and O–H groups in total. The Morgan fingerprint density at radius 1 is 1.11 bits per heavy atom. The molecular formula is C13H15NO3S. The molecule has 0 atom stereocenters. The van der Waals surface area contributed by atoms with Crippen molar-refractivity contribution < 1.29 is 12.6 Å². The van der Waals surface area contributed by atoms with Crippen LogP contribution in [0.1, 0.15) is 5.56 Å². The monoisotopic (exact) mass is 265 g/mol. The Labute approximate surface area is 106 Å². The Morgan fingerprint density at radius 3 is 2.44 bits per heavy atom. The van der Waals surface area contributed by atoms with Crippen LogP contribution in [0.15, 0.2) is 41.3 Å². The van der Waals surface area contributed by atoms with Crippen molar-refractivity contribution in [2.24, 2.45) is 5.73 Å². The minimum absolute atomic E-state index is 0.00939. The number of benzene rings is 2. The van der Waals surface area contributed by atoms with Crippen molar-refractivity contribution in [3.8, 4) is 0 Å². The van der Waals surface area contributed by atoms with Crippen molar-refractivity contribution in [1.29, 1.82) is 0 Å². The second kappa shape index (κ2) is 5.06. The van der Waals surface area contributed by atoms with Crippen molar-refractivity contribution in [1.82, 2.24) is 0 Å². The molecule has 0 aliphatic rings. The minimum atomic E-state index is -3.75. The molecule has 2 aromatic rings. The second-order valence-electron chi connectivity index (χ2n) is 3.99. The van der Waals surface area contributed by atoms with Gasteiger partial charge in [-0.3, -0.25) is 4.18 Å². The molecule has 5 heteroatoms. The van der Waals surface area contributed by atoms with Crippen LogP contribution in [0.25, 0.3) is 10.8 Å². The fourth-order valence-corrected chi connectivity index (χ4v) is 2.99. The first-order valence-electron chi connectivity index (χ1n) is 5.64. The third-order valence-corrected chi connectivity index (χ3v) is 4.10. The molecule has 2 aromatic carbocycles. The predicted octanol–water partition coefficient (Wildman–Crippen LogP) is 1.81. The summed E-state index contributed by atoms with van der Waals surface area (Å²) < 4.78 is 28.9. The summed E-state index contributed by atoms with van der Waals surface area (Å²) in [4.78, 5) is 0.192. The van der Waals surface area contributed by atoms with Gasteiger partial charge in [0.2, 0.25) is 0 Å². The number of aryl methyl sites for hydroxylation is 1. The van der Waals surface area contributed by atoms with E-state index >= 15 is 0 Å². The predicted molar refractivity (Wildman–Crippen MR) is 70.9 cm³/mol. The summed E-state index contributed by atoms with van der Waals surface area (Å²) >= 11 is 0. The van der Waals surface area contributed by atoms with Crippen molar-refractivity contribution in [2.75, 3.05) is 13.2 Å². The van der Waals surface area contributed by atoms with Crippen LogP contribution >= 0.6 is 0 Å². The highest BCUT2D eigenvalue weighted by atomic mass is 32.2. The van der Waals surface area contributed by atoms with Crippen LogP contribution in [0.3, 0.4) is 0 Å². The average molecular weight is 265 g/mol. The summed E-state index contributed by atoms with van der Waals surface area (Å²) in [5.74, 6) is 0. The van der Waals surface area contributed by atoms with Crippen molar-refractivity contribution in [3.63, 3.8) is 0 Å². The fourth-order valence-electron chi connectivity index (χ4n) is 1.86. The molecule has 0 spiro atoms. The normalized spacial score (nSPS) is 11.9. The van der Waals surface area contributed by atoms with E-state index < -0.39 is 10.1 Å². The maximum Gasteiger partial charge on any atom is 0.297 e. The molecule has 0 heterocycles. The molecule has 0 fully saturated rings. The molecule has 0 saturated carbocycles. The van der Waals surface area contributed by atoms with Crippen LogP contribution in [0.2, 0.25) is 0 Å². The topological polar surface area (TPSA) is 69.4 Å². The number of fused-ring (bicyclic) bond motifs is 1. The van der Waals surface area contributed by atoms with Gasteiger partial charge in [-0.05, 0) is 23.9 Å². The Bertz CT molecular complexity index is 665. The summed E-state index contributed by atoms with van der Waals surface area (Å²) in [6.45, 7) is 2.10. The molecular weight excluding hydrogens is 250 g/mol. The lowest BCUT2D eigenvalue weighted by atomic mass is 10.1. The average Bonchev–Trinajstić information content (AvgIpc) is 2.37. The van der Waals surface area contributed by atoms with E-state index in [0.717, 1.165) is 10.9 Å². The SMILES string of the molecule is Cc1ccc(S(=O)(=O)OCCN)c2ccccc12. The molecule has 0 unspecified atom stereocenters. The lowest BCUT2D eigenvalue weighted by molar-refractivity contribution is 0.328. The molecule has 0 bridgehead atoms. The highest BCUT2D eigenvalue weighted by Crippen LogP contribution is 2.26. The van der Waals surface area contributed by atoms with Crippen molar-refractivity contribution >= 4 is 20.9 Å². The lowest BCUT2D eigenvalue weighted by Gasteiger charge is -2.09. The minimum Gasteiger partial charge on any atom is -0.328 e. The molecule has 18 heavy (non-hydrogen) atoms. The quantitative estimate of drug-likeness (QED) is 0.856. The fraction of sp³-hybridized carbons (Fsp3) is 0.231. The van der Waals surface area contributed by atoms with E-state index in [1.807, 2.05) is 25.1 Å². The van der Waals surface area contributed by atoms with Gasteiger partial charge in [-0.1, -0.05) is 30.3 Å². The van der Waals surface area contributed by atoms with Gasteiger partial charge in [0, 0.05) is 11.9 Å². The zero-order valence-corrected chi connectivity index (χ0v) is 10.9. The van der Waals surface area contributed by atoms with E-state index in [1.165, 1.54) is 0 Å². The highest BCUT2D eigenvalue weighted by molar-refractivity contribution is 7.87. The molecule has 0 aromatic heterocycles. The number of hydrogen-bond donors (Lipinski definition) is 1. The summed E-state index contributed by atoms with van der Waals surface area (Å²) in [5.41, 5.74) is 6.29. The van der Waals surface area contributed by atoms with Gasteiger partial charge in [-0.2, -0.15) is 8.42 Å². The molecule has 0 amide bonds. The first-order valence-corrected chi connectivity index (χ1v) is 7.05. The molecule has 96 valence electrons. The van der Waals surface area contributed by atoms with E-state index in [0.29, 0.717) is 5.39 Å². The van der Waals surface area contributed by atoms with Crippen molar-refractivity contribution in [3.05, 3.63) is 42.0 Å². The Balaban J connectivity index is 2.62. The van der Waals surface area contributed by atoms with Crippen LogP contribution in [-0.2, 0) is 14.3 Å². The summed E-state index contributed by atoms with van der Waals surface area (Å²) in [6, 6.07) is 10.7. The van der Waals surface area contributed by atoms with Gasteiger partial charge in [0.15, 0.2) is 0 Å². The summed E-state index contributed by atoms with van der Waals surface area (Å²) in [5, 5.41) is 1.59. The zero-order chi connectivity index (χ0) is 13.2. The van der Waals surface area contributed by atoms with E-state index in [9.17, 15) is 8.42 Å². The van der Waals surface area contributed by atoms with Crippen LogP contribution in [-0.4, -0.2) is 21.6 Å². The molecule has 0 aliphatic carbocycles. The van der Waals surface area contributed by atoms with Gasteiger partial charge in [-0.25, -0.2) is 0 Å². The number of hydrogen-bond acceptors (Lipinski definition) is 4. The highest BCUT2D eigenvalue weighted by Gasteiger charge is 2.18. The molecule has 0 aliphatic heterocycles. The van der Waals surface area contributed by atoms with E-state index in [-0.39, 0.29) is 18.0 Å². The summed E-state index contributed by atoms with van der Waals surface area (Å²) in [6.07, 6.45) is 0. The maximum atomic E-state index is 12.0. The van der Waals surface area contributed by atoms with Gasteiger partial charge < -0.3 is 5.73 Å². The van der Waals surface area contributed by atoms with E-state index in [4.69, 9.17) is 9.92 Å². The zero-order valence-electron chi connectivity index (χ0n) is 10.1. The third-order valence-electron chi connectivity index (χ3n) is 2.73. The van der Waals surface area contributed by atoms with E-state index in [1.54, 1.807) is 18.2 Å². The van der Waals surface area contributed by atoms with Gasteiger partial charge >= 0.3 is 0 Å². The van der Waals surface area contributed by atoms with Crippen LogP contribution in [0.4, 0.5) is 0 Å². The van der Waals surface area contributed by atoms with Gasteiger partial charge in [0.25, 0.3) is 10.1 Å². The van der Waals surface area contributed by atoms with Crippen LogP contribution < -0.4 is 5.73 Å². The van der Waals surface area contributed by atoms with Crippen LogP contribution in [0, 0.1) is 6.92 Å². The maximum absolute atomic E-state index is 12.0. The first kappa shape index (κ1) is 13.0. The number of nitrogens with two attached hydrogens (primary N) is 1.